The lowest BCUT2D eigenvalue weighted by atomic mass is 9.92. The number of halogens is 4. The van der Waals surface area contributed by atoms with Gasteiger partial charge in [-0.1, -0.05) is 58.5 Å². The number of ether oxygens (including phenoxy) is 1. The minimum Gasteiger partial charge on any atom is -0.466 e. The van der Waals surface area contributed by atoms with Gasteiger partial charge in [-0.05, 0) is 48.7 Å². The van der Waals surface area contributed by atoms with Crippen molar-refractivity contribution in [1.82, 2.24) is 0 Å². The van der Waals surface area contributed by atoms with Crippen LogP contribution in [0.1, 0.15) is 24.0 Å². The van der Waals surface area contributed by atoms with Gasteiger partial charge in [-0.15, -0.1) is 0 Å². The molecule has 0 aliphatic carbocycles. The molecule has 0 saturated heterocycles. The lowest BCUT2D eigenvalue weighted by Crippen LogP contribution is -2.19. The van der Waals surface area contributed by atoms with Crippen LogP contribution in [-0.2, 0) is 16.0 Å². The molecule has 2 aromatic rings. The van der Waals surface area contributed by atoms with Crippen molar-refractivity contribution >= 4 is 52.4 Å². The van der Waals surface area contributed by atoms with E-state index in [1.807, 2.05) is 0 Å². The minimum absolute atomic E-state index is 0.275. The summed E-state index contributed by atoms with van der Waals surface area (Å²) >= 11 is 24.6. The van der Waals surface area contributed by atoms with E-state index in [9.17, 15) is 4.79 Å². The second-order valence-corrected chi connectivity index (χ2v) is 6.53. The van der Waals surface area contributed by atoms with Gasteiger partial charge in [-0.2, -0.15) is 0 Å². The smallest absolute Gasteiger partial charge is 0.313 e. The Bertz CT molecular complexity index is 695. The van der Waals surface area contributed by atoms with Gasteiger partial charge in [0.2, 0.25) is 0 Å². The molecule has 122 valence electrons. The van der Waals surface area contributed by atoms with Crippen molar-refractivity contribution < 1.29 is 9.53 Å². The Morgan fingerprint density at radius 1 is 1.04 bits per heavy atom. The summed E-state index contributed by atoms with van der Waals surface area (Å²) in [6.45, 7) is 2.03. The molecule has 0 saturated carbocycles. The minimum atomic E-state index is -0.614. The third-order valence-electron chi connectivity index (χ3n) is 3.38. The highest BCUT2D eigenvalue weighted by Crippen LogP contribution is 2.34. The van der Waals surface area contributed by atoms with Crippen molar-refractivity contribution in [3.05, 3.63) is 67.6 Å². The molecular weight excluding hydrogens is 378 g/mol. The number of hydrogen-bond acceptors (Lipinski definition) is 2. The number of hydrogen-bond donors (Lipinski definition) is 0. The quantitative estimate of drug-likeness (QED) is 0.568. The van der Waals surface area contributed by atoms with Gasteiger partial charge in [0, 0.05) is 20.1 Å². The summed E-state index contributed by atoms with van der Waals surface area (Å²) in [7, 11) is 0. The normalized spacial score (nSPS) is 12.0. The fourth-order valence-corrected chi connectivity index (χ4v) is 3.37. The zero-order chi connectivity index (χ0) is 17.0. The van der Waals surface area contributed by atoms with Crippen LogP contribution in [0.5, 0.6) is 0 Å². The standard InChI is InChI=1S/C17H14Cl4O2/c1-2-23-17(22)12(11-7-6-10(18)8-16(11)21)9-13-14(19)4-3-5-15(13)20/h3-8,12H,2,9H2,1H3. The Morgan fingerprint density at radius 2 is 1.70 bits per heavy atom. The summed E-state index contributed by atoms with van der Waals surface area (Å²) in [4.78, 5) is 12.4. The van der Waals surface area contributed by atoms with Gasteiger partial charge in [-0.25, -0.2) is 0 Å². The van der Waals surface area contributed by atoms with Crippen LogP contribution in [0.25, 0.3) is 0 Å². The number of carbonyl (C=O) groups is 1. The van der Waals surface area contributed by atoms with Crippen LogP contribution in [0.2, 0.25) is 20.1 Å². The molecule has 2 rings (SSSR count). The predicted molar refractivity (Wildman–Crippen MR) is 96.0 cm³/mol. The fraction of sp³-hybridized carbons (Fsp3) is 0.235. The lowest BCUT2D eigenvalue weighted by Gasteiger charge is -2.19. The molecule has 6 heteroatoms. The summed E-state index contributed by atoms with van der Waals surface area (Å²) in [5.74, 6) is -0.996. The molecule has 0 spiro atoms. The van der Waals surface area contributed by atoms with Gasteiger partial charge in [-0.3, -0.25) is 4.79 Å². The number of carbonyl (C=O) groups excluding carboxylic acids is 1. The predicted octanol–water partition coefficient (Wildman–Crippen LogP) is 6.19. The first-order chi connectivity index (χ1) is 10.9. The van der Waals surface area contributed by atoms with Crippen LogP contribution >= 0.6 is 46.4 Å². The summed E-state index contributed by atoms with van der Waals surface area (Å²) in [6.07, 6.45) is 0.290. The Hall–Kier alpha value is -0.930. The van der Waals surface area contributed by atoms with Gasteiger partial charge in [0.25, 0.3) is 0 Å². The molecule has 0 aromatic heterocycles. The molecule has 1 unspecified atom stereocenters. The number of benzene rings is 2. The molecule has 2 nitrogen and oxygen atoms in total. The first kappa shape index (κ1) is 18.4. The Balaban J connectivity index is 2.44. The lowest BCUT2D eigenvalue weighted by molar-refractivity contribution is -0.144. The van der Waals surface area contributed by atoms with Crippen molar-refractivity contribution in [1.29, 1.82) is 0 Å². The monoisotopic (exact) mass is 390 g/mol. The highest BCUT2D eigenvalue weighted by atomic mass is 35.5. The van der Waals surface area contributed by atoms with Crippen molar-refractivity contribution in [3.63, 3.8) is 0 Å². The van der Waals surface area contributed by atoms with Crippen LogP contribution in [0.15, 0.2) is 36.4 Å². The molecule has 2 aromatic carbocycles. The van der Waals surface area contributed by atoms with E-state index in [-0.39, 0.29) is 12.6 Å². The third kappa shape index (κ3) is 4.54. The van der Waals surface area contributed by atoms with Crippen LogP contribution in [0, 0.1) is 0 Å². The van der Waals surface area contributed by atoms with Crippen LogP contribution in [0.3, 0.4) is 0 Å². The molecule has 0 aliphatic heterocycles. The molecule has 0 fully saturated rings. The SMILES string of the molecule is CCOC(=O)C(Cc1c(Cl)cccc1Cl)c1ccc(Cl)cc1Cl. The summed E-state index contributed by atoms with van der Waals surface area (Å²) < 4.78 is 5.18. The first-order valence-corrected chi connectivity index (χ1v) is 8.49. The number of rotatable bonds is 5. The van der Waals surface area contributed by atoms with Crippen molar-refractivity contribution in [2.75, 3.05) is 6.61 Å². The zero-order valence-corrected chi connectivity index (χ0v) is 15.3. The maximum absolute atomic E-state index is 12.4. The zero-order valence-electron chi connectivity index (χ0n) is 12.3. The van der Waals surface area contributed by atoms with Gasteiger partial charge in [0.05, 0.1) is 12.5 Å². The highest BCUT2D eigenvalue weighted by molar-refractivity contribution is 6.36. The van der Waals surface area contributed by atoms with E-state index < -0.39 is 5.92 Å². The molecule has 0 radical (unpaired) electrons. The van der Waals surface area contributed by atoms with Gasteiger partial charge in [0.1, 0.15) is 0 Å². The maximum Gasteiger partial charge on any atom is 0.313 e. The molecule has 1 atom stereocenters. The van der Waals surface area contributed by atoms with E-state index in [0.717, 1.165) is 0 Å². The Kier molecular flexibility index (Phi) is 6.60. The largest absolute Gasteiger partial charge is 0.466 e. The summed E-state index contributed by atoms with van der Waals surface area (Å²) in [5, 5.41) is 1.89. The molecular formula is C17H14Cl4O2. The maximum atomic E-state index is 12.4. The highest BCUT2D eigenvalue weighted by Gasteiger charge is 2.26. The molecule has 0 bridgehead atoms. The van der Waals surface area contributed by atoms with Crippen molar-refractivity contribution in [3.8, 4) is 0 Å². The van der Waals surface area contributed by atoms with E-state index in [1.165, 1.54) is 0 Å². The van der Waals surface area contributed by atoms with E-state index in [0.29, 0.717) is 37.6 Å². The average Bonchev–Trinajstić information content (AvgIpc) is 2.48. The van der Waals surface area contributed by atoms with E-state index in [1.54, 1.807) is 43.3 Å². The van der Waals surface area contributed by atoms with E-state index in [2.05, 4.69) is 0 Å². The van der Waals surface area contributed by atoms with Gasteiger partial charge >= 0.3 is 5.97 Å². The van der Waals surface area contributed by atoms with Crippen LogP contribution < -0.4 is 0 Å². The summed E-state index contributed by atoms with van der Waals surface area (Å²) in [5.41, 5.74) is 1.31. The van der Waals surface area contributed by atoms with E-state index >= 15 is 0 Å². The van der Waals surface area contributed by atoms with Crippen molar-refractivity contribution in [2.24, 2.45) is 0 Å². The number of esters is 1. The molecule has 0 amide bonds. The fourth-order valence-electron chi connectivity index (χ4n) is 2.28. The Morgan fingerprint density at radius 3 is 2.26 bits per heavy atom. The Labute approximate surface area is 155 Å². The topological polar surface area (TPSA) is 26.3 Å². The van der Waals surface area contributed by atoms with E-state index in [4.69, 9.17) is 51.1 Å². The van der Waals surface area contributed by atoms with Gasteiger partial charge < -0.3 is 4.74 Å². The van der Waals surface area contributed by atoms with Crippen LogP contribution in [-0.4, -0.2) is 12.6 Å². The molecule has 0 N–H and O–H groups in total. The third-order valence-corrected chi connectivity index (χ3v) is 4.65. The molecule has 23 heavy (non-hydrogen) atoms. The molecule has 0 heterocycles. The second-order valence-electron chi connectivity index (χ2n) is 4.87. The molecule has 0 aliphatic rings. The first-order valence-electron chi connectivity index (χ1n) is 6.98. The van der Waals surface area contributed by atoms with Crippen molar-refractivity contribution in [2.45, 2.75) is 19.3 Å². The van der Waals surface area contributed by atoms with Gasteiger partial charge in [0.15, 0.2) is 0 Å². The summed E-state index contributed by atoms with van der Waals surface area (Å²) in [6, 6.07) is 10.2. The average molecular weight is 392 g/mol. The second kappa shape index (κ2) is 8.25. The van der Waals surface area contributed by atoms with Crippen LogP contribution in [0.4, 0.5) is 0 Å².